The largest absolute Gasteiger partial charge is 0.444 e. The van der Waals surface area contributed by atoms with Gasteiger partial charge in [0.1, 0.15) is 11.3 Å². The van der Waals surface area contributed by atoms with Crippen LogP contribution in [0.25, 0.3) is 10.9 Å². The zero-order chi connectivity index (χ0) is 24.7. The first-order valence-corrected chi connectivity index (χ1v) is 12.7. The Labute approximate surface area is 200 Å². The third kappa shape index (κ3) is 4.79. The fourth-order valence-corrected chi connectivity index (χ4v) is 5.67. The van der Waals surface area contributed by atoms with Crippen LogP contribution in [0.15, 0.2) is 70.6 Å². The molecule has 1 aromatic heterocycles. The zero-order valence-corrected chi connectivity index (χ0v) is 20.9. The molecule has 1 fully saturated rings. The number of sulfone groups is 1. The van der Waals surface area contributed by atoms with E-state index in [2.05, 4.69) is 4.98 Å². The summed E-state index contributed by atoms with van der Waals surface area (Å²) in [5, 5.41) is 0.590. The number of hydrogen-bond acceptors (Lipinski definition) is 6. The summed E-state index contributed by atoms with van der Waals surface area (Å²) < 4.78 is 38.2. The van der Waals surface area contributed by atoms with E-state index in [0.29, 0.717) is 23.9 Å². The van der Waals surface area contributed by atoms with Crippen LogP contribution in [0.5, 0.6) is 0 Å². The number of carbonyl (C=O) groups excluding carboxylic acids is 1. The Bertz CT molecular complexity index is 1310. The van der Waals surface area contributed by atoms with Crippen molar-refractivity contribution in [2.24, 2.45) is 0 Å². The molecule has 1 aliphatic heterocycles. The minimum absolute atomic E-state index is 0.208. The van der Waals surface area contributed by atoms with Crippen molar-refractivity contribution in [2.75, 3.05) is 6.61 Å². The molecular weight excluding hydrogens is 452 g/mol. The molecule has 2 heterocycles. The van der Waals surface area contributed by atoms with Crippen LogP contribution in [-0.4, -0.2) is 48.4 Å². The van der Waals surface area contributed by atoms with Crippen LogP contribution in [0.3, 0.4) is 0 Å². The highest BCUT2D eigenvalue weighted by atomic mass is 32.2. The Kier molecular flexibility index (Phi) is 6.16. The Morgan fingerprint density at radius 1 is 1.12 bits per heavy atom. The van der Waals surface area contributed by atoms with Gasteiger partial charge in [-0.1, -0.05) is 30.3 Å². The van der Waals surface area contributed by atoms with Crippen molar-refractivity contribution in [3.05, 3.63) is 66.4 Å². The van der Waals surface area contributed by atoms with Gasteiger partial charge in [-0.2, -0.15) is 0 Å². The molecule has 7 nitrogen and oxygen atoms in total. The van der Waals surface area contributed by atoms with Crippen LogP contribution in [0, 0.1) is 0 Å². The quantitative estimate of drug-likeness (QED) is 0.521. The van der Waals surface area contributed by atoms with Crippen LogP contribution in [0.1, 0.15) is 40.2 Å². The number of para-hydroxylation sites is 1. The maximum atomic E-state index is 13.3. The van der Waals surface area contributed by atoms with Crippen molar-refractivity contribution in [3.8, 4) is 0 Å². The Morgan fingerprint density at radius 3 is 2.47 bits per heavy atom. The average molecular weight is 483 g/mol. The first-order valence-electron chi connectivity index (χ1n) is 11.2. The lowest BCUT2D eigenvalue weighted by atomic mass is 10.1. The van der Waals surface area contributed by atoms with E-state index in [-0.39, 0.29) is 15.8 Å². The summed E-state index contributed by atoms with van der Waals surface area (Å²) in [5.74, 6) is 0. The molecule has 2 aromatic carbocycles. The fourth-order valence-electron chi connectivity index (χ4n) is 4.22. The normalized spacial score (nSPS) is 18.3. The van der Waals surface area contributed by atoms with Crippen LogP contribution in [-0.2, 0) is 25.7 Å². The first kappa shape index (κ1) is 24.2. The molecule has 4 rings (SSSR count). The predicted molar refractivity (Wildman–Crippen MR) is 129 cm³/mol. The highest BCUT2D eigenvalue weighted by molar-refractivity contribution is 7.91. The molecule has 0 spiro atoms. The number of carbonyl (C=O) groups is 1. The number of rotatable bonds is 4. The maximum Gasteiger partial charge on any atom is 0.412 e. The van der Waals surface area contributed by atoms with E-state index in [9.17, 15) is 13.2 Å². The van der Waals surface area contributed by atoms with E-state index in [1.807, 2.05) is 40.7 Å². The average Bonchev–Trinajstić information content (AvgIpc) is 3.06. The number of ether oxygens (including phenoxy) is 2. The number of aromatic nitrogens is 1. The van der Waals surface area contributed by atoms with Crippen LogP contribution in [0.4, 0.5) is 4.79 Å². The molecule has 1 aliphatic rings. The number of pyridine rings is 1. The molecular formula is C26H30N2O5S. The molecule has 1 atom stereocenters. The van der Waals surface area contributed by atoms with Gasteiger partial charge in [-0.3, -0.25) is 9.88 Å². The fraction of sp³-hybridized carbons (Fsp3) is 0.385. The lowest BCUT2D eigenvalue weighted by Crippen LogP contribution is -2.50. The Morgan fingerprint density at radius 2 is 1.79 bits per heavy atom. The van der Waals surface area contributed by atoms with Gasteiger partial charge in [0.05, 0.1) is 28.0 Å². The van der Waals surface area contributed by atoms with Crippen LogP contribution >= 0.6 is 0 Å². The molecule has 0 radical (unpaired) electrons. The molecule has 0 aliphatic carbocycles. The highest BCUT2D eigenvalue weighted by Gasteiger charge is 2.45. The van der Waals surface area contributed by atoms with E-state index < -0.39 is 27.3 Å². The molecule has 0 N–H and O–H groups in total. The summed E-state index contributed by atoms with van der Waals surface area (Å²) in [6.07, 6.45) is 1.60. The van der Waals surface area contributed by atoms with Gasteiger partial charge in [0.25, 0.3) is 0 Å². The molecule has 1 saturated heterocycles. The Hall–Kier alpha value is -2.97. The monoisotopic (exact) mass is 482 g/mol. The minimum atomic E-state index is -3.72. The molecule has 8 heteroatoms. The highest BCUT2D eigenvalue weighted by Crippen LogP contribution is 2.32. The number of nitrogens with zero attached hydrogens (tertiary/aromatic N) is 2. The summed E-state index contributed by atoms with van der Waals surface area (Å²) >= 11 is 0. The van der Waals surface area contributed by atoms with E-state index in [0.717, 1.165) is 5.56 Å². The van der Waals surface area contributed by atoms with Gasteiger partial charge in [-0.05, 0) is 70.9 Å². The van der Waals surface area contributed by atoms with E-state index in [1.54, 1.807) is 47.4 Å². The van der Waals surface area contributed by atoms with E-state index in [4.69, 9.17) is 9.47 Å². The summed E-state index contributed by atoms with van der Waals surface area (Å²) in [6, 6.07) is 15.3. The first-order chi connectivity index (χ1) is 15.9. The van der Waals surface area contributed by atoms with Gasteiger partial charge in [-0.25, -0.2) is 13.2 Å². The smallest absolute Gasteiger partial charge is 0.412 e. The minimum Gasteiger partial charge on any atom is -0.444 e. The van der Waals surface area contributed by atoms with Gasteiger partial charge < -0.3 is 9.47 Å². The second-order valence-electron chi connectivity index (χ2n) is 9.94. The maximum absolute atomic E-state index is 13.3. The molecule has 180 valence electrons. The molecule has 0 bridgehead atoms. The third-order valence-corrected chi connectivity index (χ3v) is 7.60. The van der Waals surface area contributed by atoms with Gasteiger partial charge in [-0.15, -0.1) is 0 Å². The van der Waals surface area contributed by atoms with E-state index in [1.165, 1.54) is 12.3 Å². The van der Waals surface area contributed by atoms with Crippen molar-refractivity contribution in [1.29, 1.82) is 0 Å². The zero-order valence-electron chi connectivity index (χ0n) is 20.1. The number of hydrogen-bond donors (Lipinski definition) is 0. The lowest BCUT2D eigenvalue weighted by molar-refractivity contribution is -0.0624. The van der Waals surface area contributed by atoms with Crippen molar-refractivity contribution in [1.82, 2.24) is 9.88 Å². The van der Waals surface area contributed by atoms with Gasteiger partial charge in [0.15, 0.2) is 0 Å². The second kappa shape index (κ2) is 8.67. The predicted octanol–water partition coefficient (Wildman–Crippen LogP) is 4.98. The molecule has 1 amide bonds. The number of fused-ring (bicyclic) bond motifs is 1. The molecule has 3 aromatic rings. The molecule has 0 saturated carbocycles. The van der Waals surface area contributed by atoms with Gasteiger partial charge in [0, 0.05) is 11.6 Å². The van der Waals surface area contributed by atoms with Crippen molar-refractivity contribution >= 4 is 26.8 Å². The summed E-state index contributed by atoms with van der Waals surface area (Å²) in [4.78, 5) is 19.2. The second-order valence-corrected chi connectivity index (χ2v) is 11.9. The van der Waals surface area contributed by atoms with E-state index >= 15 is 0 Å². The molecule has 1 unspecified atom stereocenters. The van der Waals surface area contributed by atoms with Crippen LogP contribution in [0.2, 0.25) is 0 Å². The standard InChI is InChI=1S/C26H30N2O5S/c1-25(2,3)33-24(29)28-19(17-32-26(28,4)5)16-18-10-12-20(13-11-18)34(30,31)23-14-15-27-22-9-7-6-8-21(22)23/h6-15,19H,16-17H2,1-5H3. The van der Waals surface area contributed by atoms with Crippen molar-refractivity contribution in [3.63, 3.8) is 0 Å². The lowest BCUT2D eigenvalue weighted by Gasteiger charge is -2.35. The summed E-state index contributed by atoms with van der Waals surface area (Å²) in [7, 11) is -3.72. The summed E-state index contributed by atoms with van der Waals surface area (Å²) in [6.45, 7) is 9.53. The van der Waals surface area contributed by atoms with Crippen molar-refractivity contribution < 1.29 is 22.7 Å². The third-order valence-electron chi connectivity index (χ3n) is 5.77. The van der Waals surface area contributed by atoms with Crippen LogP contribution < -0.4 is 0 Å². The SMILES string of the molecule is CC(C)(C)OC(=O)N1C(Cc2ccc(S(=O)(=O)c3ccnc4ccccc34)cc2)COC1(C)C. The van der Waals surface area contributed by atoms with Crippen molar-refractivity contribution in [2.45, 2.75) is 68.2 Å². The summed E-state index contributed by atoms with van der Waals surface area (Å²) in [5.41, 5.74) is 0.122. The molecule has 34 heavy (non-hydrogen) atoms. The number of amides is 1. The van der Waals surface area contributed by atoms with Gasteiger partial charge in [0.2, 0.25) is 9.84 Å². The van der Waals surface area contributed by atoms with Gasteiger partial charge >= 0.3 is 6.09 Å². The topological polar surface area (TPSA) is 85.8 Å². The number of benzene rings is 2. The Balaban J connectivity index is 1.57.